The topological polar surface area (TPSA) is 124 Å². The van der Waals surface area contributed by atoms with Gasteiger partial charge in [0.15, 0.2) is 11.3 Å². The van der Waals surface area contributed by atoms with Gasteiger partial charge in [-0.2, -0.15) is 0 Å². The van der Waals surface area contributed by atoms with E-state index in [0.29, 0.717) is 11.1 Å². The number of aliphatic hydroxyl groups is 1. The number of fused-ring (bicyclic) bond motifs is 1. The lowest BCUT2D eigenvalue weighted by atomic mass is 9.79. The summed E-state index contributed by atoms with van der Waals surface area (Å²) < 4.78 is 0. The van der Waals surface area contributed by atoms with Crippen LogP contribution in [-0.2, 0) is 14.4 Å². The van der Waals surface area contributed by atoms with E-state index in [-0.39, 0.29) is 11.5 Å². The fourth-order valence-electron chi connectivity index (χ4n) is 4.87. The number of imide groups is 1. The Morgan fingerprint density at radius 1 is 1.06 bits per heavy atom. The van der Waals surface area contributed by atoms with Gasteiger partial charge in [0.2, 0.25) is 11.8 Å². The van der Waals surface area contributed by atoms with Crippen molar-refractivity contribution in [1.29, 1.82) is 0 Å². The summed E-state index contributed by atoms with van der Waals surface area (Å²) in [5, 5.41) is 23.1. The molecule has 2 aromatic rings. The number of anilines is 1. The van der Waals surface area contributed by atoms with Crippen molar-refractivity contribution >= 4 is 29.3 Å². The maximum Gasteiger partial charge on any atom is 0.327 e. The summed E-state index contributed by atoms with van der Waals surface area (Å²) in [6.45, 7) is 4.30. The number of carbonyl (C=O) groups is 4. The van der Waals surface area contributed by atoms with Gasteiger partial charge in [-0.05, 0) is 56.2 Å². The van der Waals surface area contributed by atoms with Crippen LogP contribution in [0.25, 0.3) is 0 Å². The van der Waals surface area contributed by atoms with E-state index in [1.807, 2.05) is 32.0 Å². The Morgan fingerprint density at radius 2 is 1.72 bits per heavy atom. The highest BCUT2D eigenvalue weighted by Gasteiger charge is 2.68. The second-order valence-electron chi connectivity index (χ2n) is 8.54. The van der Waals surface area contributed by atoms with Crippen LogP contribution in [0.1, 0.15) is 40.0 Å². The number of aliphatic hydroxyl groups excluding tert-OH is 1. The standard InChI is InChI=1S/C24H24N2O6/c1-12-4-5-13(2)17(10-12)20-18-19(24(11-27,25-20)23(31)32)22(30)26(21(18)29)16-8-6-15(7-9-16)14(3)28/h4-10,18-20,25,27H,11H2,1-3H3,(H,31,32). The molecule has 0 aliphatic carbocycles. The Morgan fingerprint density at radius 3 is 2.28 bits per heavy atom. The summed E-state index contributed by atoms with van der Waals surface area (Å²) in [5.74, 6) is -5.05. The van der Waals surface area contributed by atoms with Crippen molar-refractivity contribution in [3.8, 4) is 0 Å². The van der Waals surface area contributed by atoms with Gasteiger partial charge in [0.05, 0.1) is 24.1 Å². The zero-order valence-electron chi connectivity index (χ0n) is 18.0. The quantitative estimate of drug-likeness (QED) is 0.482. The Hall–Kier alpha value is -3.36. The van der Waals surface area contributed by atoms with Crippen molar-refractivity contribution in [3.63, 3.8) is 0 Å². The summed E-state index contributed by atoms with van der Waals surface area (Å²) in [6.07, 6.45) is 0. The first kappa shape index (κ1) is 21.9. The molecule has 2 amide bonds. The fraction of sp³-hybridized carbons (Fsp3) is 0.333. The molecule has 0 aromatic heterocycles. The van der Waals surface area contributed by atoms with E-state index in [9.17, 15) is 29.4 Å². The number of hydrogen-bond acceptors (Lipinski definition) is 6. The maximum absolute atomic E-state index is 13.5. The Balaban J connectivity index is 1.85. The first-order chi connectivity index (χ1) is 15.1. The first-order valence-electron chi connectivity index (χ1n) is 10.3. The molecule has 2 heterocycles. The van der Waals surface area contributed by atoms with Gasteiger partial charge < -0.3 is 10.2 Å². The van der Waals surface area contributed by atoms with Gasteiger partial charge in [0, 0.05) is 11.6 Å². The fourth-order valence-corrected chi connectivity index (χ4v) is 4.87. The predicted molar refractivity (Wildman–Crippen MR) is 115 cm³/mol. The summed E-state index contributed by atoms with van der Waals surface area (Å²) in [4.78, 5) is 51.8. The lowest BCUT2D eigenvalue weighted by molar-refractivity contribution is -0.150. The summed E-state index contributed by atoms with van der Waals surface area (Å²) in [7, 11) is 0. The average molecular weight is 436 g/mol. The molecular weight excluding hydrogens is 412 g/mol. The third kappa shape index (κ3) is 3.06. The molecule has 4 unspecified atom stereocenters. The number of nitrogens with one attached hydrogen (secondary N) is 1. The van der Waals surface area contributed by atoms with Crippen LogP contribution in [0, 0.1) is 25.7 Å². The Kier molecular flexibility index (Phi) is 5.22. The molecular formula is C24H24N2O6. The molecule has 3 N–H and O–H groups in total. The van der Waals surface area contributed by atoms with Crippen molar-refractivity contribution in [2.45, 2.75) is 32.4 Å². The Labute approximate surface area is 184 Å². The molecule has 8 heteroatoms. The minimum Gasteiger partial charge on any atom is -0.480 e. The molecule has 2 saturated heterocycles. The SMILES string of the molecule is CC(=O)c1ccc(N2C(=O)C3C(c4cc(C)ccc4C)NC(CO)(C(=O)O)C3C2=O)cc1. The summed E-state index contributed by atoms with van der Waals surface area (Å²) in [6, 6.07) is 10.9. The molecule has 4 rings (SSSR count). The number of carboxylic acids is 1. The van der Waals surface area contributed by atoms with Gasteiger partial charge in [-0.1, -0.05) is 23.8 Å². The van der Waals surface area contributed by atoms with Gasteiger partial charge in [0.1, 0.15) is 0 Å². The predicted octanol–water partition coefficient (Wildman–Crippen LogP) is 1.77. The zero-order chi connectivity index (χ0) is 23.4. The number of ketones is 1. The van der Waals surface area contributed by atoms with Crippen LogP contribution in [0.3, 0.4) is 0 Å². The van der Waals surface area contributed by atoms with Crippen LogP contribution >= 0.6 is 0 Å². The molecule has 2 aliphatic heterocycles. The number of hydrogen-bond donors (Lipinski definition) is 3. The normalized spacial score (nSPS) is 27.0. The van der Waals surface area contributed by atoms with Gasteiger partial charge in [0.25, 0.3) is 0 Å². The molecule has 2 aliphatic rings. The molecule has 2 aromatic carbocycles. The molecule has 0 saturated carbocycles. The van der Waals surface area contributed by atoms with E-state index in [0.717, 1.165) is 16.0 Å². The third-order valence-corrected chi connectivity index (χ3v) is 6.59. The van der Waals surface area contributed by atoms with E-state index in [1.165, 1.54) is 31.2 Å². The first-order valence-corrected chi connectivity index (χ1v) is 10.3. The van der Waals surface area contributed by atoms with Crippen molar-refractivity contribution in [2.24, 2.45) is 11.8 Å². The average Bonchev–Trinajstić information content (AvgIpc) is 3.24. The maximum atomic E-state index is 13.5. The van der Waals surface area contributed by atoms with E-state index in [2.05, 4.69) is 5.32 Å². The van der Waals surface area contributed by atoms with E-state index in [4.69, 9.17) is 0 Å². The second kappa shape index (κ2) is 7.65. The molecule has 0 spiro atoms. The van der Waals surface area contributed by atoms with Crippen molar-refractivity contribution in [2.75, 3.05) is 11.5 Å². The highest BCUT2D eigenvalue weighted by atomic mass is 16.4. The number of rotatable bonds is 5. The van der Waals surface area contributed by atoms with Crippen LogP contribution < -0.4 is 10.2 Å². The molecule has 8 nitrogen and oxygen atoms in total. The Bertz CT molecular complexity index is 1140. The monoisotopic (exact) mass is 436 g/mol. The number of carboxylic acid groups (broad SMARTS) is 1. The molecule has 0 bridgehead atoms. The minimum absolute atomic E-state index is 0.156. The molecule has 4 atom stereocenters. The highest BCUT2D eigenvalue weighted by molar-refractivity contribution is 6.24. The van der Waals surface area contributed by atoms with Crippen LogP contribution in [0.2, 0.25) is 0 Å². The van der Waals surface area contributed by atoms with Crippen molar-refractivity contribution in [3.05, 3.63) is 64.7 Å². The summed E-state index contributed by atoms with van der Waals surface area (Å²) in [5.41, 5.74) is 1.18. The van der Waals surface area contributed by atoms with Crippen molar-refractivity contribution in [1.82, 2.24) is 5.32 Å². The lowest BCUT2D eigenvalue weighted by Crippen LogP contribution is -2.58. The molecule has 2 fully saturated rings. The smallest absolute Gasteiger partial charge is 0.327 e. The highest BCUT2D eigenvalue weighted by Crippen LogP contribution is 2.50. The zero-order valence-corrected chi connectivity index (χ0v) is 18.0. The van der Waals surface area contributed by atoms with Crippen LogP contribution in [0.4, 0.5) is 5.69 Å². The molecule has 166 valence electrons. The minimum atomic E-state index is -1.99. The van der Waals surface area contributed by atoms with Crippen LogP contribution in [-0.4, -0.2) is 45.9 Å². The largest absolute Gasteiger partial charge is 0.480 e. The van der Waals surface area contributed by atoms with Gasteiger partial charge in [-0.15, -0.1) is 0 Å². The number of amides is 2. The second-order valence-corrected chi connectivity index (χ2v) is 8.54. The number of nitrogens with zero attached hydrogens (tertiary/aromatic N) is 1. The molecule has 0 radical (unpaired) electrons. The van der Waals surface area contributed by atoms with Crippen LogP contribution in [0.5, 0.6) is 0 Å². The lowest BCUT2D eigenvalue weighted by Gasteiger charge is -2.29. The molecule has 32 heavy (non-hydrogen) atoms. The van der Waals surface area contributed by atoms with Gasteiger partial charge >= 0.3 is 5.97 Å². The van der Waals surface area contributed by atoms with E-state index in [1.54, 1.807) is 0 Å². The van der Waals surface area contributed by atoms with Crippen molar-refractivity contribution < 1.29 is 29.4 Å². The van der Waals surface area contributed by atoms with E-state index < -0.39 is 47.8 Å². The van der Waals surface area contributed by atoms with E-state index >= 15 is 0 Å². The number of benzene rings is 2. The van der Waals surface area contributed by atoms with Gasteiger partial charge in [-0.25, -0.2) is 4.90 Å². The number of aliphatic carboxylic acids is 1. The van der Waals surface area contributed by atoms with Gasteiger partial charge in [-0.3, -0.25) is 24.5 Å². The summed E-state index contributed by atoms with van der Waals surface area (Å²) >= 11 is 0. The number of aryl methyl sites for hydroxylation is 2. The van der Waals surface area contributed by atoms with Crippen LogP contribution in [0.15, 0.2) is 42.5 Å². The number of Topliss-reactive ketones (excluding diaryl/α,β-unsaturated/α-hetero) is 1. The third-order valence-electron chi connectivity index (χ3n) is 6.59. The number of carbonyl (C=O) groups excluding carboxylic acids is 3.